The number of nitrogens with zero attached hydrogens (tertiary/aromatic N) is 1. The van der Waals surface area contributed by atoms with Gasteiger partial charge in [0.15, 0.2) is 0 Å². The average molecular weight is 280 g/mol. The normalized spacial score (nSPS) is 17.5. The fraction of sp³-hybridized carbons (Fsp3) is 0.385. The molecule has 1 heterocycles. The van der Waals surface area contributed by atoms with Crippen LogP contribution < -0.4 is 5.73 Å². The number of benzene rings is 1. The number of hydrogen-bond donors (Lipinski definition) is 1. The van der Waals surface area contributed by atoms with Crippen molar-refractivity contribution in [2.24, 2.45) is 0 Å². The Morgan fingerprint density at radius 2 is 1.89 bits per heavy atom. The molecule has 0 fully saturated rings. The summed E-state index contributed by atoms with van der Waals surface area (Å²) in [4.78, 5) is 25.4. The molecule has 0 aliphatic carbocycles. The van der Waals surface area contributed by atoms with Gasteiger partial charge in [0.05, 0.1) is 11.1 Å². The summed E-state index contributed by atoms with van der Waals surface area (Å²) in [5.41, 5.74) is 6.84. The van der Waals surface area contributed by atoms with E-state index in [4.69, 9.17) is 5.73 Å². The summed E-state index contributed by atoms with van der Waals surface area (Å²) < 4.78 is 11.3. The van der Waals surface area contributed by atoms with E-state index < -0.39 is 10.8 Å². The number of nitrogen functional groups attached to an aromatic ring is 1. The Labute approximate surface area is 114 Å². The molecule has 102 valence electrons. The molecule has 2 N–H and O–H groups in total. The molecule has 1 aromatic carbocycles. The van der Waals surface area contributed by atoms with Gasteiger partial charge in [-0.2, -0.15) is 0 Å². The van der Waals surface area contributed by atoms with Gasteiger partial charge < -0.3 is 5.73 Å². The van der Waals surface area contributed by atoms with E-state index in [1.54, 1.807) is 18.4 Å². The molecule has 2 amide bonds. The molecule has 2 unspecified atom stereocenters. The first-order valence-electron chi connectivity index (χ1n) is 5.99. The minimum absolute atomic E-state index is 0.0469. The number of carbonyl (C=O) groups excluding carboxylic acids is 2. The third-order valence-electron chi connectivity index (χ3n) is 3.32. The highest BCUT2D eigenvalue weighted by atomic mass is 32.2. The van der Waals surface area contributed by atoms with Gasteiger partial charge in [-0.3, -0.25) is 18.7 Å². The van der Waals surface area contributed by atoms with Crippen molar-refractivity contribution >= 4 is 28.3 Å². The molecule has 6 heteroatoms. The Morgan fingerprint density at radius 1 is 1.26 bits per heavy atom. The number of nitrogens with two attached hydrogens (primary N) is 1. The molecule has 1 aliphatic rings. The molecule has 5 nitrogen and oxygen atoms in total. The number of hydrogen-bond acceptors (Lipinski definition) is 4. The minimum atomic E-state index is -0.956. The molecule has 2 atom stereocenters. The first kappa shape index (κ1) is 13.7. The largest absolute Gasteiger partial charge is 0.399 e. The van der Waals surface area contributed by atoms with Gasteiger partial charge in [-0.25, -0.2) is 0 Å². The summed E-state index contributed by atoms with van der Waals surface area (Å²) in [6.45, 7) is 2.12. The minimum Gasteiger partial charge on any atom is -0.399 e. The third kappa shape index (κ3) is 2.53. The summed E-state index contributed by atoms with van der Waals surface area (Å²) in [6, 6.07) is 4.71. The van der Waals surface area contributed by atoms with Gasteiger partial charge in [-0.15, -0.1) is 0 Å². The van der Waals surface area contributed by atoms with Gasteiger partial charge in [0, 0.05) is 34.5 Å². The van der Waals surface area contributed by atoms with Gasteiger partial charge in [-0.1, -0.05) is 6.92 Å². The van der Waals surface area contributed by atoms with Crippen LogP contribution in [0.1, 0.15) is 34.1 Å². The van der Waals surface area contributed by atoms with Crippen molar-refractivity contribution in [1.29, 1.82) is 0 Å². The maximum atomic E-state index is 12.1. The molecule has 0 spiro atoms. The lowest BCUT2D eigenvalue weighted by molar-refractivity contribution is 0.0652. The van der Waals surface area contributed by atoms with Crippen molar-refractivity contribution in [1.82, 2.24) is 4.90 Å². The summed E-state index contributed by atoms with van der Waals surface area (Å²) in [7, 11) is -0.956. The summed E-state index contributed by atoms with van der Waals surface area (Å²) in [5.74, 6) is -0.615. The zero-order valence-corrected chi connectivity index (χ0v) is 11.7. The Morgan fingerprint density at radius 3 is 2.53 bits per heavy atom. The summed E-state index contributed by atoms with van der Waals surface area (Å²) in [5, 5.41) is -0.0469. The Kier molecular flexibility index (Phi) is 3.71. The lowest BCUT2D eigenvalue weighted by Crippen LogP contribution is -2.32. The molecule has 1 aromatic rings. The zero-order chi connectivity index (χ0) is 14.2. The Hall–Kier alpha value is -1.69. The van der Waals surface area contributed by atoms with Gasteiger partial charge in [0.2, 0.25) is 0 Å². The number of fused-ring (bicyclic) bond motifs is 1. The van der Waals surface area contributed by atoms with E-state index in [9.17, 15) is 13.8 Å². The third-order valence-corrected chi connectivity index (χ3v) is 4.69. The highest BCUT2D eigenvalue weighted by Crippen LogP contribution is 2.25. The zero-order valence-electron chi connectivity index (χ0n) is 10.9. The van der Waals surface area contributed by atoms with Gasteiger partial charge in [-0.05, 0) is 24.6 Å². The fourth-order valence-corrected chi connectivity index (χ4v) is 2.43. The maximum Gasteiger partial charge on any atom is 0.261 e. The second kappa shape index (κ2) is 5.13. The SMILES string of the molecule is CC(CCN1C(=O)c2ccc(N)cc2C1=O)S(C)=O. The van der Waals surface area contributed by atoms with E-state index in [0.29, 0.717) is 23.2 Å². The van der Waals surface area contributed by atoms with Crippen LogP contribution in [0.15, 0.2) is 18.2 Å². The first-order chi connectivity index (χ1) is 8.91. The standard InChI is InChI=1S/C13H16N2O3S/c1-8(19(2)18)5-6-15-12(16)10-4-3-9(14)7-11(10)13(15)17/h3-4,7-8H,5-6,14H2,1-2H3. The first-order valence-corrected chi connectivity index (χ1v) is 7.62. The molecule has 0 radical (unpaired) electrons. The number of rotatable bonds is 4. The molecule has 0 aromatic heterocycles. The number of imide groups is 1. The highest BCUT2D eigenvalue weighted by Gasteiger charge is 2.35. The number of carbonyl (C=O) groups is 2. The van der Waals surface area contributed by atoms with Crippen molar-refractivity contribution < 1.29 is 13.8 Å². The van der Waals surface area contributed by atoms with Crippen molar-refractivity contribution in [3.8, 4) is 0 Å². The molecular formula is C13H16N2O3S. The van der Waals surface area contributed by atoms with Crippen LogP contribution in [0.5, 0.6) is 0 Å². The van der Waals surface area contributed by atoms with Crippen LogP contribution in [0.25, 0.3) is 0 Å². The molecule has 0 saturated carbocycles. The number of anilines is 1. The molecular weight excluding hydrogens is 264 g/mol. The van der Waals surface area contributed by atoms with Crippen LogP contribution in [0.4, 0.5) is 5.69 Å². The predicted molar refractivity (Wildman–Crippen MR) is 74.4 cm³/mol. The van der Waals surface area contributed by atoms with E-state index >= 15 is 0 Å². The van der Waals surface area contributed by atoms with Gasteiger partial charge in [0.1, 0.15) is 0 Å². The Balaban J connectivity index is 2.16. The van der Waals surface area contributed by atoms with E-state index in [0.717, 1.165) is 0 Å². The maximum absolute atomic E-state index is 12.1. The fourth-order valence-electron chi connectivity index (χ4n) is 1.99. The van der Waals surface area contributed by atoms with E-state index in [1.165, 1.54) is 11.0 Å². The van der Waals surface area contributed by atoms with Crippen molar-refractivity contribution in [2.45, 2.75) is 18.6 Å². The van der Waals surface area contributed by atoms with Crippen LogP contribution in [0, 0.1) is 0 Å². The highest BCUT2D eigenvalue weighted by molar-refractivity contribution is 7.84. The van der Waals surface area contributed by atoms with Crippen LogP contribution >= 0.6 is 0 Å². The van der Waals surface area contributed by atoms with E-state index in [1.807, 2.05) is 6.92 Å². The van der Waals surface area contributed by atoms with Crippen molar-refractivity contribution in [2.75, 3.05) is 18.5 Å². The van der Waals surface area contributed by atoms with Crippen LogP contribution in [0.2, 0.25) is 0 Å². The van der Waals surface area contributed by atoms with Crippen molar-refractivity contribution in [3.63, 3.8) is 0 Å². The lowest BCUT2D eigenvalue weighted by atomic mass is 10.1. The molecule has 2 rings (SSSR count). The van der Waals surface area contributed by atoms with Gasteiger partial charge in [0.25, 0.3) is 11.8 Å². The average Bonchev–Trinajstić information content (AvgIpc) is 2.59. The summed E-state index contributed by atoms with van der Waals surface area (Å²) in [6.07, 6.45) is 2.15. The smallest absolute Gasteiger partial charge is 0.261 e. The van der Waals surface area contributed by atoms with Crippen LogP contribution in [0.3, 0.4) is 0 Å². The second-order valence-corrected chi connectivity index (χ2v) is 6.47. The monoisotopic (exact) mass is 280 g/mol. The number of amides is 2. The Bertz CT molecular complexity index is 571. The molecule has 19 heavy (non-hydrogen) atoms. The molecule has 0 bridgehead atoms. The van der Waals surface area contributed by atoms with Crippen LogP contribution in [-0.2, 0) is 10.8 Å². The summed E-state index contributed by atoms with van der Waals surface area (Å²) >= 11 is 0. The molecule has 1 aliphatic heterocycles. The van der Waals surface area contributed by atoms with Gasteiger partial charge >= 0.3 is 0 Å². The van der Waals surface area contributed by atoms with E-state index in [-0.39, 0.29) is 23.6 Å². The lowest BCUT2D eigenvalue weighted by Gasteiger charge is -2.15. The van der Waals surface area contributed by atoms with Crippen LogP contribution in [-0.4, -0.2) is 39.0 Å². The predicted octanol–water partition coefficient (Wildman–Crippen LogP) is 1.02. The van der Waals surface area contributed by atoms with E-state index in [2.05, 4.69) is 0 Å². The molecule has 0 saturated heterocycles. The topological polar surface area (TPSA) is 80.5 Å². The second-order valence-electron chi connectivity index (χ2n) is 4.66. The quantitative estimate of drug-likeness (QED) is 0.659. The van der Waals surface area contributed by atoms with Crippen molar-refractivity contribution in [3.05, 3.63) is 29.3 Å².